The Morgan fingerprint density at radius 2 is 2.15 bits per heavy atom. The van der Waals surface area contributed by atoms with Crippen molar-refractivity contribution in [3.63, 3.8) is 0 Å². The van der Waals surface area contributed by atoms with E-state index in [2.05, 4.69) is 15.0 Å². The lowest BCUT2D eigenvalue weighted by molar-refractivity contribution is -0.0398. The van der Waals surface area contributed by atoms with Crippen molar-refractivity contribution in [2.75, 3.05) is 12.3 Å². The van der Waals surface area contributed by atoms with Crippen LogP contribution in [0.3, 0.4) is 0 Å². The lowest BCUT2D eigenvalue weighted by Crippen LogP contribution is -2.26. The number of anilines is 1. The predicted octanol–water partition coefficient (Wildman–Crippen LogP) is 0.628. The van der Waals surface area contributed by atoms with Crippen LogP contribution in [0.4, 0.5) is 14.6 Å². The van der Waals surface area contributed by atoms with Crippen LogP contribution in [0.5, 0.6) is 0 Å². The molecule has 1 fully saturated rings. The fourth-order valence-corrected chi connectivity index (χ4v) is 2.32. The Bertz CT molecular complexity index is 654. The fraction of sp³-hybridized carbons (Fsp3) is 0.500. The Kier molecular flexibility index (Phi) is 3.19. The summed E-state index contributed by atoms with van der Waals surface area (Å²) in [5, 5.41) is 8.81. The summed E-state index contributed by atoms with van der Waals surface area (Å²) in [6.45, 7) is -0.622. The van der Waals surface area contributed by atoms with E-state index in [4.69, 9.17) is 27.2 Å². The number of imidazole rings is 1. The minimum atomic E-state index is -1.96. The van der Waals surface area contributed by atoms with E-state index in [1.54, 1.807) is 0 Å². The number of rotatable bonds is 2. The summed E-state index contributed by atoms with van der Waals surface area (Å²) in [6.07, 6.45) is -5.20. The minimum Gasteiger partial charge on any atom is -0.394 e. The molecule has 0 radical (unpaired) electrons. The highest BCUT2D eigenvalue weighted by Crippen LogP contribution is 2.35. The Morgan fingerprint density at radius 1 is 1.40 bits per heavy atom. The van der Waals surface area contributed by atoms with Crippen molar-refractivity contribution < 1.29 is 18.6 Å². The lowest BCUT2D eigenvalue weighted by atomic mass is 10.2. The van der Waals surface area contributed by atoms with E-state index >= 15 is 0 Å². The normalized spacial score (nSPS) is 30.2. The molecule has 10 heteroatoms. The number of nitrogens with zero attached hydrogens (tertiary/aromatic N) is 4. The van der Waals surface area contributed by atoms with Gasteiger partial charge in [-0.25, -0.2) is 13.8 Å². The highest BCUT2D eigenvalue weighted by Gasteiger charge is 2.46. The third-order valence-corrected chi connectivity index (χ3v) is 3.29. The molecule has 2 aromatic rings. The molecule has 1 aliphatic heterocycles. The van der Waals surface area contributed by atoms with Gasteiger partial charge in [0.25, 0.3) is 0 Å². The highest BCUT2D eigenvalue weighted by atomic mass is 35.5. The van der Waals surface area contributed by atoms with E-state index < -0.39 is 31.3 Å². The predicted molar refractivity (Wildman–Crippen MR) is 65.5 cm³/mol. The van der Waals surface area contributed by atoms with Gasteiger partial charge in [-0.05, 0) is 11.6 Å². The molecule has 0 amide bonds. The van der Waals surface area contributed by atoms with Crippen LogP contribution in [-0.4, -0.2) is 49.7 Å². The molecular weight excluding hydrogens is 296 g/mol. The summed E-state index contributed by atoms with van der Waals surface area (Å²) in [7, 11) is 0. The van der Waals surface area contributed by atoms with Gasteiger partial charge in [-0.3, -0.25) is 4.57 Å². The molecule has 0 aromatic carbocycles. The largest absolute Gasteiger partial charge is 0.394 e. The number of nitrogens with two attached hydrogens (primary N) is 1. The number of nitrogen functional groups attached to an aromatic ring is 1. The van der Waals surface area contributed by atoms with Gasteiger partial charge in [0, 0.05) is 0 Å². The van der Waals surface area contributed by atoms with Crippen molar-refractivity contribution in [2.24, 2.45) is 0 Å². The van der Waals surface area contributed by atoms with Crippen LogP contribution in [-0.2, 0) is 4.74 Å². The SMILES string of the molecule is Nc1nc(Cl)nc2c1ncn2[C@@H]1O[C@H](CO)[C@@H](F)[C@@H]1F. The third kappa shape index (κ3) is 1.89. The molecule has 3 N–H and O–H groups in total. The quantitative estimate of drug-likeness (QED) is 0.789. The molecule has 3 rings (SSSR count). The summed E-state index contributed by atoms with van der Waals surface area (Å²) in [5.74, 6) is 0.0302. The second-order valence-electron chi connectivity index (χ2n) is 4.34. The monoisotopic (exact) mass is 305 g/mol. The number of aliphatic hydroxyl groups is 1. The van der Waals surface area contributed by atoms with Crippen LogP contribution in [0.2, 0.25) is 5.28 Å². The first-order valence-corrected chi connectivity index (χ1v) is 6.10. The van der Waals surface area contributed by atoms with E-state index in [9.17, 15) is 8.78 Å². The van der Waals surface area contributed by atoms with Crippen molar-refractivity contribution >= 4 is 28.6 Å². The van der Waals surface area contributed by atoms with Crippen LogP contribution >= 0.6 is 11.6 Å². The molecule has 4 atom stereocenters. The van der Waals surface area contributed by atoms with Gasteiger partial charge in [0.15, 0.2) is 30.0 Å². The highest BCUT2D eigenvalue weighted by molar-refractivity contribution is 6.28. The number of hydrogen-bond acceptors (Lipinski definition) is 6. The van der Waals surface area contributed by atoms with Crippen molar-refractivity contribution in [3.8, 4) is 0 Å². The number of aliphatic hydroxyl groups excluding tert-OH is 1. The zero-order valence-electron chi connectivity index (χ0n) is 9.95. The van der Waals surface area contributed by atoms with Gasteiger partial charge in [0.2, 0.25) is 5.28 Å². The van der Waals surface area contributed by atoms with Crippen LogP contribution in [0, 0.1) is 0 Å². The molecule has 0 unspecified atom stereocenters. The first kappa shape index (κ1) is 13.4. The molecule has 1 saturated heterocycles. The van der Waals surface area contributed by atoms with Gasteiger partial charge >= 0.3 is 0 Å². The molecule has 2 aromatic heterocycles. The zero-order valence-corrected chi connectivity index (χ0v) is 10.7. The van der Waals surface area contributed by atoms with E-state index in [0.717, 1.165) is 0 Å². The molecule has 108 valence electrons. The van der Waals surface area contributed by atoms with E-state index in [-0.39, 0.29) is 22.3 Å². The first-order valence-electron chi connectivity index (χ1n) is 5.73. The second kappa shape index (κ2) is 4.76. The maximum atomic E-state index is 13.9. The topological polar surface area (TPSA) is 99.1 Å². The van der Waals surface area contributed by atoms with Gasteiger partial charge in [0.05, 0.1) is 12.9 Å². The van der Waals surface area contributed by atoms with Gasteiger partial charge in [-0.15, -0.1) is 0 Å². The van der Waals surface area contributed by atoms with Crippen molar-refractivity contribution in [1.82, 2.24) is 19.5 Å². The second-order valence-corrected chi connectivity index (χ2v) is 4.68. The number of fused-ring (bicyclic) bond motifs is 1. The molecule has 0 aliphatic carbocycles. The van der Waals surface area contributed by atoms with E-state index in [1.807, 2.05) is 0 Å². The van der Waals surface area contributed by atoms with E-state index in [0.29, 0.717) is 0 Å². The molecule has 0 saturated carbocycles. The van der Waals surface area contributed by atoms with Gasteiger partial charge in [-0.2, -0.15) is 9.97 Å². The maximum absolute atomic E-state index is 13.9. The molecule has 1 aliphatic rings. The molecular formula is C10H10ClF2N5O2. The first-order chi connectivity index (χ1) is 9.52. The van der Waals surface area contributed by atoms with Crippen molar-refractivity contribution in [1.29, 1.82) is 0 Å². The number of ether oxygens (including phenoxy) is 1. The molecule has 0 spiro atoms. The van der Waals surface area contributed by atoms with Gasteiger partial charge in [-0.1, -0.05) is 0 Å². The summed E-state index contributed by atoms with van der Waals surface area (Å²) < 4.78 is 33.9. The Hall–Kier alpha value is -1.58. The van der Waals surface area contributed by atoms with Crippen LogP contribution in [0.1, 0.15) is 6.23 Å². The Balaban J connectivity index is 2.07. The number of alkyl halides is 2. The fourth-order valence-electron chi connectivity index (χ4n) is 2.15. The zero-order chi connectivity index (χ0) is 14.4. The number of hydrogen-bond donors (Lipinski definition) is 2. The number of halogens is 3. The van der Waals surface area contributed by atoms with Crippen LogP contribution in [0.15, 0.2) is 6.33 Å². The number of aromatic nitrogens is 4. The average Bonchev–Trinajstić information content (AvgIpc) is 2.93. The maximum Gasteiger partial charge on any atom is 0.226 e. The van der Waals surface area contributed by atoms with Crippen molar-refractivity contribution in [2.45, 2.75) is 24.7 Å². The standard InChI is InChI=1S/C10H10ClF2N5O2/c11-10-16-7(14)6-8(17-10)18(2-15-6)9-5(13)4(12)3(1-19)20-9/h2-5,9,19H,1H2,(H2,14,16,17)/t3-,4-,5+,9-/m1/s1. The van der Waals surface area contributed by atoms with Gasteiger partial charge in [0.1, 0.15) is 11.6 Å². The van der Waals surface area contributed by atoms with E-state index in [1.165, 1.54) is 10.9 Å². The Labute approximate surface area is 116 Å². The Morgan fingerprint density at radius 3 is 2.80 bits per heavy atom. The van der Waals surface area contributed by atoms with Crippen molar-refractivity contribution in [3.05, 3.63) is 11.6 Å². The summed E-state index contributed by atoms with van der Waals surface area (Å²) in [6, 6.07) is 0. The molecule has 20 heavy (non-hydrogen) atoms. The smallest absolute Gasteiger partial charge is 0.226 e. The molecule has 3 heterocycles. The third-order valence-electron chi connectivity index (χ3n) is 3.12. The summed E-state index contributed by atoms with van der Waals surface area (Å²) in [5.41, 5.74) is 5.98. The summed E-state index contributed by atoms with van der Waals surface area (Å²) in [4.78, 5) is 11.5. The minimum absolute atomic E-state index is 0.0302. The molecule has 0 bridgehead atoms. The van der Waals surface area contributed by atoms with Crippen LogP contribution in [0.25, 0.3) is 11.2 Å². The summed E-state index contributed by atoms with van der Waals surface area (Å²) >= 11 is 5.69. The van der Waals surface area contributed by atoms with Gasteiger partial charge < -0.3 is 15.6 Å². The van der Waals surface area contributed by atoms with Crippen LogP contribution < -0.4 is 5.73 Å². The average molecular weight is 306 g/mol. The lowest BCUT2D eigenvalue weighted by Gasteiger charge is -2.14. The molecule has 7 nitrogen and oxygen atoms in total.